The third kappa shape index (κ3) is 1.80. The van der Waals surface area contributed by atoms with Crippen LogP contribution in [-0.4, -0.2) is 10.1 Å². The normalized spacial score (nSPS) is 9.64. The minimum atomic E-state index is -0.262. The van der Waals surface area contributed by atoms with Crippen molar-refractivity contribution in [3.05, 3.63) is 29.6 Å². The molecule has 0 aliphatic carbocycles. The number of carbonyl (C=O) groups excluding carboxylic acids is 1. The van der Waals surface area contributed by atoms with E-state index in [-0.39, 0.29) is 5.12 Å². The Balaban J connectivity index is 3.12. The van der Waals surface area contributed by atoms with Gasteiger partial charge in [0.05, 0.1) is 0 Å². The van der Waals surface area contributed by atoms with Crippen molar-refractivity contribution in [2.75, 3.05) is 0 Å². The van der Waals surface area contributed by atoms with Crippen LogP contribution in [0.1, 0.15) is 23.0 Å². The number of nitrogens with zero attached hydrogens (tertiary/aromatic N) is 1. The highest BCUT2D eigenvalue weighted by molar-refractivity contribution is 7.97. The van der Waals surface area contributed by atoms with Gasteiger partial charge in [0, 0.05) is 6.20 Å². The third-order valence-corrected chi connectivity index (χ3v) is 1.69. The Hall–Kier alpha value is -0.830. The van der Waals surface area contributed by atoms with Gasteiger partial charge in [-0.25, -0.2) is 0 Å². The number of hydrogen-bond acceptors (Lipinski definition) is 2. The Morgan fingerprint density at radius 1 is 1.73 bits per heavy atom. The maximum atomic E-state index is 10.8. The van der Waals surface area contributed by atoms with Crippen LogP contribution >= 0.6 is 12.6 Å². The van der Waals surface area contributed by atoms with Gasteiger partial charge < -0.3 is 0 Å². The van der Waals surface area contributed by atoms with E-state index in [0.29, 0.717) is 5.69 Å². The van der Waals surface area contributed by atoms with Crippen LogP contribution < -0.4 is 0 Å². The highest BCUT2D eigenvalue weighted by Gasteiger charge is 2.05. The van der Waals surface area contributed by atoms with Crippen molar-refractivity contribution >= 4 is 17.7 Å². The number of carbonyl (C=O) groups is 1. The first-order valence-corrected chi connectivity index (χ1v) is 3.87. The summed E-state index contributed by atoms with van der Waals surface area (Å²) in [5.41, 5.74) is 1.42. The smallest absolute Gasteiger partial charge is 0.234 e. The Morgan fingerprint density at radius 2 is 2.45 bits per heavy atom. The predicted molar refractivity (Wildman–Crippen MR) is 46.9 cm³/mol. The molecule has 1 aromatic rings. The number of hydrogen-bond donors (Lipinski definition) is 1. The van der Waals surface area contributed by atoms with Crippen molar-refractivity contribution in [2.45, 2.75) is 13.3 Å². The second-order valence-electron chi connectivity index (χ2n) is 2.17. The molecule has 11 heavy (non-hydrogen) atoms. The number of thiol groups is 1. The van der Waals surface area contributed by atoms with Crippen LogP contribution in [0.15, 0.2) is 18.3 Å². The molecule has 0 spiro atoms. The lowest BCUT2D eigenvalue weighted by atomic mass is 10.1. The largest absolute Gasteiger partial charge is 0.280 e. The number of aromatic nitrogens is 1. The quantitative estimate of drug-likeness (QED) is 0.680. The molecular weight excluding hydrogens is 158 g/mol. The summed E-state index contributed by atoms with van der Waals surface area (Å²) in [6.45, 7) is 1.98. The maximum absolute atomic E-state index is 10.8. The molecule has 0 saturated heterocycles. The van der Waals surface area contributed by atoms with E-state index < -0.39 is 0 Å². The molecule has 0 aromatic carbocycles. The van der Waals surface area contributed by atoms with E-state index in [2.05, 4.69) is 17.6 Å². The molecule has 0 unspecified atom stereocenters. The van der Waals surface area contributed by atoms with Crippen LogP contribution in [0.2, 0.25) is 0 Å². The summed E-state index contributed by atoms with van der Waals surface area (Å²) in [6, 6.07) is 3.70. The Bertz CT molecular complexity index is 273. The molecule has 0 bridgehead atoms. The van der Waals surface area contributed by atoms with Crippen molar-refractivity contribution in [3.63, 3.8) is 0 Å². The van der Waals surface area contributed by atoms with Crippen molar-refractivity contribution in [3.8, 4) is 0 Å². The van der Waals surface area contributed by atoms with Gasteiger partial charge in [0.15, 0.2) is 0 Å². The summed E-state index contributed by atoms with van der Waals surface area (Å²) in [5, 5.41) is -0.262. The van der Waals surface area contributed by atoms with Gasteiger partial charge in [0.2, 0.25) is 5.12 Å². The lowest BCUT2D eigenvalue weighted by Crippen LogP contribution is -1.99. The average Bonchev–Trinajstić information content (AvgIpc) is 2.04. The van der Waals surface area contributed by atoms with E-state index in [1.165, 1.54) is 0 Å². The lowest BCUT2D eigenvalue weighted by molar-refractivity contribution is 0.108. The van der Waals surface area contributed by atoms with Gasteiger partial charge in [0.25, 0.3) is 0 Å². The summed E-state index contributed by atoms with van der Waals surface area (Å²) in [4.78, 5) is 14.7. The molecule has 0 fully saturated rings. The molecular formula is C8H9NOS. The summed E-state index contributed by atoms with van der Waals surface area (Å²) < 4.78 is 0. The van der Waals surface area contributed by atoms with Gasteiger partial charge in [-0.15, -0.1) is 0 Å². The standard InChI is InChI=1S/C8H9NOS/c1-2-6-4-3-5-9-7(6)8(10)11/h3-5H,2H2,1H3,(H,10,11). The van der Waals surface area contributed by atoms with Crippen LogP contribution in [0.25, 0.3) is 0 Å². The minimum Gasteiger partial charge on any atom is -0.280 e. The molecule has 1 heterocycles. The maximum Gasteiger partial charge on any atom is 0.234 e. The van der Waals surface area contributed by atoms with E-state index in [0.717, 1.165) is 12.0 Å². The second kappa shape index (κ2) is 3.53. The molecule has 0 saturated carbocycles. The Kier molecular flexibility index (Phi) is 2.65. The molecule has 58 valence electrons. The number of rotatable bonds is 2. The predicted octanol–water partition coefficient (Wildman–Crippen LogP) is 1.71. The van der Waals surface area contributed by atoms with Crippen LogP contribution in [-0.2, 0) is 6.42 Å². The highest BCUT2D eigenvalue weighted by Crippen LogP contribution is 2.07. The van der Waals surface area contributed by atoms with Crippen molar-refractivity contribution < 1.29 is 4.79 Å². The zero-order chi connectivity index (χ0) is 8.27. The monoisotopic (exact) mass is 167 g/mol. The topological polar surface area (TPSA) is 30.0 Å². The molecule has 3 heteroatoms. The fourth-order valence-electron chi connectivity index (χ4n) is 0.916. The third-order valence-electron chi connectivity index (χ3n) is 1.47. The fourth-order valence-corrected chi connectivity index (χ4v) is 1.12. The van der Waals surface area contributed by atoms with Gasteiger partial charge in [-0.05, 0) is 18.1 Å². The molecule has 0 aliphatic heterocycles. The number of aryl methyl sites for hydroxylation is 1. The molecule has 1 aromatic heterocycles. The van der Waals surface area contributed by atoms with E-state index in [9.17, 15) is 4.79 Å². The lowest BCUT2D eigenvalue weighted by Gasteiger charge is -1.99. The van der Waals surface area contributed by atoms with Crippen LogP contribution in [0.3, 0.4) is 0 Å². The van der Waals surface area contributed by atoms with Crippen LogP contribution in [0, 0.1) is 0 Å². The Morgan fingerprint density at radius 3 is 2.91 bits per heavy atom. The van der Waals surface area contributed by atoms with Crippen molar-refractivity contribution in [1.29, 1.82) is 0 Å². The zero-order valence-electron chi connectivity index (χ0n) is 6.24. The van der Waals surface area contributed by atoms with Gasteiger partial charge in [-0.3, -0.25) is 9.78 Å². The first-order chi connectivity index (χ1) is 5.25. The van der Waals surface area contributed by atoms with Crippen molar-refractivity contribution in [1.82, 2.24) is 4.98 Å². The Labute approximate surface area is 71.1 Å². The first-order valence-electron chi connectivity index (χ1n) is 3.43. The highest BCUT2D eigenvalue weighted by atomic mass is 32.1. The summed E-state index contributed by atoms with van der Waals surface area (Å²) in [5.74, 6) is 0. The molecule has 0 radical (unpaired) electrons. The molecule has 0 atom stereocenters. The van der Waals surface area contributed by atoms with Crippen molar-refractivity contribution in [2.24, 2.45) is 0 Å². The van der Waals surface area contributed by atoms with Gasteiger partial charge in [-0.1, -0.05) is 25.6 Å². The molecule has 2 nitrogen and oxygen atoms in total. The molecule has 0 aliphatic rings. The summed E-state index contributed by atoms with van der Waals surface area (Å²) >= 11 is 3.71. The van der Waals surface area contributed by atoms with Gasteiger partial charge in [-0.2, -0.15) is 0 Å². The molecule has 0 amide bonds. The SMILES string of the molecule is CCc1cccnc1C(=O)S. The summed E-state index contributed by atoms with van der Waals surface area (Å²) in [6.07, 6.45) is 2.41. The molecule has 1 rings (SSSR count). The molecule has 0 N–H and O–H groups in total. The minimum absolute atomic E-state index is 0.262. The average molecular weight is 167 g/mol. The second-order valence-corrected chi connectivity index (χ2v) is 2.58. The first kappa shape index (κ1) is 8.27. The van der Waals surface area contributed by atoms with E-state index >= 15 is 0 Å². The van der Waals surface area contributed by atoms with Crippen LogP contribution in [0.4, 0.5) is 0 Å². The van der Waals surface area contributed by atoms with E-state index in [1.54, 1.807) is 6.20 Å². The van der Waals surface area contributed by atoms with Crippen LogP contribution in [0.5, 0.6) is 0 Å². The number of pyridine rings is 1. The van der Waals surface area contributed by atoms with Gasteiger partial charge >= 0.3 is 0 Å². The van der Waals surface area contributed by atoms with E-state index in [4.69, 9.17) is 0 Å². The zero-order valence-corrected chi connectivity index (χ0v) is 7.14. The van der Waals surface area contributed by atoms with E-state index in [1.807, 2.05) is 19.1 Å². The summed E-state index contributed by atoms with van der Waals surface area (Å²) in [7, 11) is 0. The fraction of sp³-hybridized carbons (Fsp3) is 0.250. The van der Waals surface area contributed by atoms with Gasteiger partial charge in [0.1, 0.15) is 5.69 Å².